The van der Waals surface area contributed by atoms with Gasteiger partial charge in [-0.05, 0) is 23.8 Å². The van der Waals surface area contributed by atoms with E-state index in [4.69, 9.17) is 16.4 Å². The van der Waals surface area contributed by atoms with Gasteiger partial charge in [0.25, 0.3) is 0 Å². The minimum atomic E-state index is -0.370. The second-order valence-electron chi connectivity index (χ2n) is 4.65. The predicted octanol–water partition coefficient (Wildman–Crippen LogP) is 4.03. The zero-order chi connectivity index (χ0) is 12.2. The Bertz CT molecular complexity index is 365. The average Bonchev–Trinajstić information content (AvgIpc) is 2.09. The minimum absolute atomic E-state index is 0.0282. The van der Waals surface area contributed by atoms with Gasteiger partial charge in [0.2, 0.25) is 0 Å². The highest BCUT2D eigenvalue weighted by Gasteiger charge is 2.05. The molecule has 0 heterocycles. The number of rotatable bonds is 3. The van der Waals surface area contributed by atoms with Crippen LogP contribution in [0, 0.1) is 11.2 Å². The van der Waals surface area contributed by atoms with Crippen LogP contribution in [0.5, 0.6) is 0 Å². The van der Waals surface area contributed by atoms with Gasteiger partial charge in [-0.25, -0.2) is 4.39 Å². The molecule has 0 atom stereocenters. The second kappa shape index (κ2) is 5.30. The molecule has 88 valence electrons. The van der Waals surface area contributed by atoms with E-state index >= 15 is 0 Å². The van der Waals surface area contributed by atoms with Crippen molar-refractivity contribution in [2.75, 3.05) is 0 Å². The third-order valence-corrected chi connectivity index (χ3v) is 1.89. The van der Waals surface area contributed by atoms with Gasteiger partial charge in [0.15, 0.2) is 0 Å². The quantitative estimate of drug-likeness (QED) is 0.580. The molecule has 0 aromatic heterocycles. The summed E-state index contributed by atoms with van der Waals surface area (Å²) in [5, 5.41) is 4.17. The van der Waals surface area contributed by atoms with Gasteiger partial charge in [-0.15, -0.1) is 0 Å². The SMILES string of the molecule is CC(C)(C)C=NOCc1cc(F)cc(Cl)c1. The fourth-order valence-corrected chi connectivity index (χ4v) is 1.25. The second-order valence-corrected chi connectivity index (χ2v) is 5.09. The summed E-state index contributed by atoms with van der Waals surface area (Å²) in [6, 6.07) is 4.28. The summed E-state index contributed by atoms with van der Waals surface area (Å²) in [5.41, 5.74) is 0.635. The van der Waals surface area contributed by atoms with Gasteiger partial charge >= 0.3 is 0 Å². The molecule has 1 aromatic carbocycles. The molecule has 0 aliphatic rings. The van der Waals surface area contributed by atoms with Crippen LogP contribution >= 0.6 is 11.6 Å². The molecule has 0 saturated heterocycles. The Labute approximate surface area is 100 Å². The van der Waals surface area contributed by atoms with Crippen molar-refractivity contribution in [3.05, 3.63) is 34.6 Å². The number of oxime groups is 1. The van der Waals surface area contributed by atoms with Gasteiger partial charge in [0.1, 0.15) is 12.4 Å². The van der Waals surface area contributed by atoms with Gasteiger partial charge in [-0.1, -0.05) is 37.5 Å². The maximum Gasteiger partial charge on any atom is 0.142 e. The molecule has 0 aliphatic heterocycles. The molecule has 0 N–H and O–H groups in total. The third-order valence-electron chi connectivity index (χ3n) is 1.67. The molecule has 0 fully saturated rings. The van der Waals surface area contributed by atoms with Crippen molar-refractivity contribution in [1.82, 2.24) is 0 Å². The molecule has 0 radical (unpaired) electrons. The largest absolute Gasteiger partial charge is 0.391 e. The minimum Gasteiger partial charge on any atom is -0.391 e. The van der Waals surface area contributed by atoms with Crippen molar-refractivity contribution in [2.45, 2.75) is 27.4 Å². The van der Waals surface area contributed by atoms with Crippen LogP contribution in [0.1, 0.15) is 26.3 Å². The Morgan fingerprint density at radius 2 is 2.06 bits per heavy atom. The van der Waals surface area contributed by atoms with Crippen LogP contribution in [0.4, 0.5) is 4.39 Å². The Kier molecular flexibility index (Phi) is 4.30. The van der Waals surface area contributed by atoms with Gasteiger partial charge in [-0.3, -0.25) is 0 Å². The van der Waals surface area contributed by atoms with E-state index in [0.29, 0.717) is 10.6 Å². The fraction of sp³-hybridized carbons (Fsp3) is 0.417. The summed E-state index contributed by atoms with van der Waals surface area (Å²) in [7, 11) is 0. The lowest BCUT2D eigenvalue weighted by atomic mass is 10.00. The molecule has 4 heteroatoms. The van der Waals surface area contributed by atoms with Gasteiger partial charge in [0.05, 0.1) is 0 Å². The number of hydrogen-bond donors (Lipinski definition) is 0. The molecule has 0 bridgehead atoms. The van der Waals surface area contributed by atoms with Crippen molar-refractivity contribution in [2.24, 2.45) is 10.6 Å². The van der Waals surface area contributed by atoms with E-state index in [9.17, 15) is 4.39 Å². The molecule has 0 spiro atoms. The summed E-state index contributed by atoms with van der Waals surface area (Å²) < 4.78 is 12.9. The molecular formula is C12H15ClFNO. The van der Waals surface area contributed by atoms with Crippen molar-refractivity contribution < 1.29 is 9.23 Å². The highest BCUT2D eigenvalue weighted by molar-refractivity contribution is 6.30. The Balaban J connectivity index is 2.52. The molecule has 0 unspecified atom stereocenters. The molecule has 0 amide bonds. The van der Waals surface area contributed by atoms with E-state index in [2.05, 4.69) is 5.16 Å². The van der Waals surface area contributed by atoms with Crippen LogP contribution in [-0.4, -0.2) is 6.21 Å². The normalized spacial score (nSPS) is 12.1. The van der Waals surface area contributed by atoms with Gasteiger partial charge < -0.3 is 4.84 Å². The monoisotopic (exact) mass is 243 g/mol. The van der Waals surface area contributed by atoms with Crippen LogP contribution < -0.4 is 0 Å². The molecule has 2 nitrogen and oxygen atoms in total. The van der Waals surface area contributed by atoms with Crippen molar-refractivity contribution in [3.8, 4) is 0 Å². The zero-order valence-electron chi connectivity index (χ0n) is 9.63. The van der Waals surface area contributed by atoms with E-state index in [-0.39, 0.29) is 17.8 Å². The van der Waals surface area contributed by atoms with E-state index in [0.717, 1.165) is 0 Å². The lowest BCUT2D eigenvalue weighted by molar-refractivity contribution is 0.129. The first-order valence-corrected chi connectivity index (χ1v) is 5.36. The highest BCUT2D eigenvalue weighted by Crippen LogP contribution is 2.15. The predicted molar refractivity (Wildman–Crippen MR) is 64.1 cm³/mol. The van der Waals surface area contributed by atoms with Crippen molar-refractivity contribution >= 4 is 17.8 Å². The number of halogens is 2. The van der Waals surface area contributed by atoms with Crippen LogP contribution in [0.2, 0.25) is 5.02 Å². The Hall–Kier alpha value is -1.09. The standard InChI is InChI=1S/C12H15ClFNO/c1-12(2,3)8-15-16-7-9-4-10(13)6-11(14)5-9/h4-6,8H,7H2,1-3H3. The molecule has 16 heavy (non-hydrogen) atoms. The first kappa shape index (κ1) is 13.0. The Morgan fingerprint density at radius 3 is 2.62 bits per heavy atom. The van der Waals surface area contributed by atoms with E-state index < -0.39 is 0 Å². The van der Waals surface area contributed by atoms with Crippen molar-refractivity contribution in [3.63, 3.8) is 0 Å². The van der Waals surface area contributed by atoms with Gasteiger partial charge in [0, 0.05) is 16.7 Å². The van der Waals surface area contributed by atoms with Gasteiger partial charge in [-0.2, -0.15) is 0 Å². The summed E-state index contributed by atoms with van der Waals surface area (Å²) in [4.78, 5) is 5.05. The number of hydrogen-bond acceptors (Lipinski definition) is 2. The van der Waals surface area contributed by atoms with Crippen LogP contribution in [0.25, 0.3) is 0 Å². The molecule has 1 rings (SSSR count). The first-order chi connectivity index (χ1) is 7.37. The first-order valence-electron chi connectivity index (χ1n) is 4.98. The Morgan fingerprint density at radius 1 is 1.38 bits per heavy atom. The topological polar surface area (TPSA) is 21.6 Å². The average molecular weight is 244 g/mol. The number of benzene rings is 1. The van der Waals surface area contributed by atoms with Crippen molar-refractivity contribution in [1.29, 1.82) is 0 Å². The maximum absolute atomic E-state index is 12.9. The zero-order valence-corrected chi connectivity index (χ0v) is 10.4. The molecule has 0 aliphatic carbocycles. The lowest BCUT2D eigenvalue weighted by Gasteiger charge is -2.09. The summed E-state index contributed by atoms with van der Waals surface area (Å²) >= 11 is 5.70. The van der Waals surface area contributed by atoms with Crippen LogP contribution in [-0.2, 0) is 11.4 Å². The lowest BCUT2D eigenvalue weighted by Crippen LogP contribution is -2.06. The van der Waals surface area contributed by atoms with E-state index in [1.54, 1.807) is 12.3 Å². The van der Waals surface area contributed by atoms with Crippen LogP contribution in [0.3, 0.4) is 0 Å². The number of nitrogens with zero attached hydrogens (tertiary/aromatic N) is 1. The summed E-state index contributed by atoms with van der Waals surface area (Å²) in [6.07, 6.45) is 1.70. The maximum atomic E-state index is 12.9. The van der Waals surface area contributed by atoms with Crippen LogP contribution in [0.15, 0.2) is 23.4 Å². The fourth-order valence-electron chi connectivity index (χ4n) is 1.00. The molecule has 1 aromatic rings. The van der Waals surface area contributed by atoms with E-state index in [1.807, 2.05) is 20.8 Å². The summed E-state index contributed by atoms with van der Waals surface area (Å²) in [6.45, 7) is 6.25. The summed E-state index contributed by atoms with van der Waals surface area (Å²) in [5.74, 6) is -0.370. The smallest absolute Gasteiger partial charge is 0.142 e. The van der Waals surface area contributed by atoms with E-state index in [1.165, 1.54) is 12.1 Å². The highest BCUT2D eigenvalue weighted by atomic mass is 35.5. The third kappa shape index (κ3) is 5.12. The molecule has 0 saturated carbocycles. The molecular weight excluding hydrogens is 229 g/mol.